The van der Waals surface area contributed by atoms with E-state index >= 15 is 0 Å². The summed E-state index contributed by atoms with van der Waals surface area (Å²) in [6.07, 6.45) is 0. The molecule has 19 heavy (non-hydrogen) atoms. The third kappa shape index (κ3) is 4.44. The van der Waals surface area contributed by atoms with Crippen molar-refractivity contribution in [2.24, 2.45) is 5.92 Å². The van der Waals surface area contributed by atoms with Crippen LogP contribution in [0.15, 0.2) is 18.2 Å². The van der Waals surface area contributed by atoms with E-state index in [1.165, 1.54) is 7.11 Å². The second-order valence-corrected chi connectivity index (χ2v) is 4.77. The fraction of sp³-hybridized carbons (Fsp3) is 0.500. The number of rotatable bonds is 6. The predicted molar refractivity (Wildman–Crippen MR) is 75.4 cm³/mol. The highest BCUT2D eigenvalue weighted by molar-refractivity contribution is 5.95. The van der Waals surface area contributed by atoms with Crippen LogP contribution in [0.4, 0.5) is 5.69 Å². The molecule has 5 nitrogen and oxygen atoms in total. The van der Waals surface area contributed by atoms with Gasteiger partial charge in [-0.2, -0.15) is 0 Å². The number of hydrogen-bond acceptors (Lipinski definition) is 4. The first-order valence-corrected chi connectivity index (χ1v) is 6.22. The summed E-state index contributed by atoms with van der Waals surface area (Å²) < 4.78 is 10.2. The maximum Gasteiger partial charge on any atom is 0.251 e. The molecule has 1 amide bonds. The van der Waals surface area contributed by atoms with E-state index in [1.807, 2.05) is 13.8 Å². The lowest BCUT2D eigenvalue weighted by Gasteiger charge is -2.21. The molecule has 0 saturated heterocycles. The van der Waals surface area contributed by atoms with Gasteiger partial charge in [0.1, 0.15) is 5.75 Å². The average Bonchev–Trinajstić information content (AvgIpc) is 2.37. The summed E-state index contributed by atoms with van der Waals surface area (Å²) in [5.74, 6) is 0.672. The number of hydrogen-bond donors (Lipinski definition) is 2. The van der Waals surface area contributed by atoms with E-state index < -0.39 is 0 Å². The molecule has 0 aliphatic heterocycles. The first-order chi connectivity index (χ1) is 8.97. The van der Waals surface area contributed by atoms with Crippen LogP contribution in [0.3, 0.4) is 0 Å². The predicted octanol–water partition coefficient (Wildman–Crippen LogP) is 1.68. The number of anilines is 1. The summed E-state index contributed by atoms with van der Waals surface area (Å²) in [7, 11) is 3.16. The van der Waals surface area contributed by atoms with Crippen LogP contribution in [0, 0.1) is 5.92 Å². The van der Waals surface area contributed by atoms with Crippen molar-refractivity contribution in [3.05, 3.63) is 23.8 Å². The number of ether oxygens (including phenoxy) is 2. The van der Waals surface area contributed by atoms with Gasteiger partial charge in [0.15, 0.2) is 0 Å². The number of nitrogen functional groups attached to an aromatic ring is 1. The molecular weight excluding hydrogens is 244 g/mol. The van der Waals surface area contributed by atoms with Gasteiger partial charge in [-0.05, 0) is 18.1 Å². The molecule has 0 radical (unpaired) electrons. The molecule has 0 saturated carbocycles. The number of amides is 1. The highest BCUT2D eigenvalue weighted by Crippen LogP contribution is 2.18. The van der Waals surface area contributed by atoms with E-state index in [4.69, 9.17) is 15.2 Å². The molecule has 3 N–H and O–H groups in total. The highest BCUT2D eigenvalue weighted by atomic mass is 16.5. The van der Waals surface area contributed by atoms with Crippen LogP contribution in [0.25, 0.3) is 0 Å². The Kier molecular flexibility index (Phi) is 5.63. The minimum absolute atomic E-state index is 0.0371. The van der Waals surface area contributed by atoms with E-state index in [2.05, 4.69) is 5.32 Å². The summed E-state index contributed by atoms with van der Waals surface area (Å²) in [5.41, 5.74) is 6.72. The SMILES string of the molecule is COCC(NC(=O)c1cc(N)cc(OC)c1)C(C)C. The molecule has 1 unspecified atom stereocenters. The van der Waals surface area contributed by atoms with Crippen LogP contribution in [0.2, 0.25) is 0 Å². The standard InChI is InChI=1S/C14H22N2O3/c1-9(2)13(8-18-3)16-14(17)10-5-11(15)7-12(6-10)19-4/h5-7,9,13H,8,15H2,1-4H3,(H,16,17). The maximum absolute atomic E-state index is 12.2. The molecule has 0 bridgehead atoms. The number of carbonyl (C=O) groups excluding carboxylic acids is 1. The first-order valence-electron chi connectivity index (χ1n) is 6.22. The summed E-state index contributed by atoms with van der Waals surface area (Å²) in [4.78, 5) is 12.2. The average molecular weight is 266 g/mol. The van der Waals surface area contributed by atoms with Crippen molar-refractivity contribution in [1.82, 2.24) is 5.32 Å². The Morgan fingerprint density at radius 2 is 2.00 bits per heavy atom. The topological polar surface area (TPSA) is 73.6 Å². The summed E-state index contributed by atoms with van der Waals surface area (Å²) in [6.45, 7) is 4.54. The fourth-order valence-electron chi connectivity index (χ4n) is 1.70. The lowest BCUT2D eigenvalue weighted by Crippen LogP contribution is -2.41. The smallest absolute Gasteiger partial charge is 0.251 e. The van der Waals surface area contributed by atoms with Gasteiger partial charge in [0.05, 0.1) is 19.8 Å². The quantitative estimate of drug-likeness (QED) is 0.768. The van der Waals surface area contributed by atoms with Gasteiger partial charge in [0, 0.05) is 24.4 Å². The van der Waals surface area contributed by atoms with Gasteiger partial charge in [-0.3, -0.25) is 4.79 Å². The van der Waals surface area contributed by atoms with E-state index in [9.17, 15) is 4.79 Å². The lowest BCUT2D eigenvalue weighted by molar-refractivity contribution is 0.0866. The Labute approximate surface area is 114 Å². The van der Waals surface area contributed by atoms with Gasteiger partial charge in [0.25, 0.3) is 5.91 Å². The molecular formula is C14H22N2O3. The normalized spacial score (nSPS) is 12.3. The van der Waals surface area contributed by atoms with Gasteiger partial charge in [-0.25, -0.2) is 0 Å². The Balaban J connectivity index is 2.84. The number of carbonyl (C=O) groups is 1. The van der Waals surface area contributed by atoms with Crippen LogP contribution in [-0.2, 0) is 4.74 Å². The molecule has 0 aliphatic carbocycles. The maximum atomic E-state index is 12.2. The van der Waals surface area contributed by atoms with Gasteiger partial charge >= 0.3 is 0 Å². The molecule has 1 rings (SSSR count). The Bertz CT molecular complexity index is 433. The van der Waals surface area contributed by atoms with E-state index in [-0.39, 0.29) is 17.9 Å². The van der Waals surface area contributed by atoms with E-state index in [1.54, 1.807) is 25.3 Å². The molecule has 5 heteroatoms. The zero-order chi connectivity index (χ0) is 14.4. The minimum atomic E-state index is -0.179. The molecule has 1 aromatic carbocycles. The Morgan fingerprint density at radius 1 is 1.32 bits per heavy atom. The van der Waals surface area contributed by atoms with Crippen molar-refractivity contribution in [3.8, 4) is 5.75 Å². The zero-order valence-electron chi connectivity index (χ0n) is 11.9. The van der Waals surface area contributed by atoms with Crippen LogP contribution >= 0.6 is 0 Å². The van der Waals surface area contributed by atoms with Crippen LogP contribution in [0.1, 0.15) is 24.2 Å². The molecule has 0 spiro atoms. The first kappa shape index (κ1) is 15.3. The fourth-order valence-corrected chi connectivity index (χ4v) is 1.70. The van der Waals surface area contributed by atoms with E-state index in [0.717, 1.165) is 0 Å². The second-order valence-electron chi connectivity index (χ2n) is 4.77. The number of benzene rings is 1. The van der Waals surface area contributed by atoms with Gasteiger partial charge in [-0.1, -0.05) is 13.8 Å². The molecule has 0 heterocycles. The monoisotopic (exact) mass is 266 g/mol. The number of nitrogens with one attached hydrogen (secondary N) is 1. The lowest BCUT2D eigenvalue weighted by atomic mass is 10.0. The van der Waals surface area contributed by atoms with Gasteiger partial charge in [-0.15, -0.1) is 0 Å². The van der Waals surface area contributed by atoms with Crippen molar-refractivity contribution in [3.63, 3.8) is 0 Å². The number of methoxy groups -OCH3 is 2. The van der Waals surface area contributed by atoms with Crippen LogP contribution in [0.5, 0.6) is 5.75 Å². The molecule has 0 fully saturated rings. The highest BCUT2D eigenvalue weighted by Gasteiger charge is 2.17. The summed E-state index contributed by atoms with van der Waals surface area (Å²) >= 11 is 0. The van der Waals surface area contributed by atoms with Crippen molar-refractivity contribution in [2.75, 3.05) is 26.6 Å². The second kappa shape index (κ2) is 6.99. The van der Waals surface area contributed by atoms with Crippen molar-refractivity contribution < 1.29 is 14.3 Å². The largest absolute Gasteiger partial charge is 0.497 e. The number of nitrogens with two attached hydrogens (primary N) is 1. The molecule has 106 valence electrons. The van der Waals surface area contributed by atoms with E-state index in [0.29, 0.717) is 23.6 Å². The minimum Gasteiger partial charge on any atom is -0.497 e. The third-order valence-corrected chi connectivity index (χ3v) is 2.89. The third-order valence-electron chi connectivity index (χ3n) is 2.89. The Hall–Kier alpha value is -1.75. The van der Waals surface area contributed by atoms with Crippen molar-refractivity contribution in [2.45, 2.75) is 19.9 Å². The summed E-state index contributed by atoms with van der Waals surface area (Å²) in [6, 6.07) is 4.92. The molecule has 0 aromatic heterocycles. The molecule has 1 atom stereocenters. The van der Waals surface area contributed by atoms with Crippen molar-refractivity contribution in [1.29, 1.82) is 0 Å². The Morgan fingerprint density at radius 3 is 2.53 bits per heavy atom. The van der Waals surface area contributed by atoms with Crippen molar-refractivity contribution >= 4 is 11.6 Å². The summed E-state index contributed by atoms with van der Waals surface area (Å²) in [5, 5.41) is 2.94. The van der Waals surface area contributed by atoms with Crippen LogP contribution in [-0.4, -0.2) is 32.8 Å². The zero-order valence-corrected chi connectivity index (χ0v) is 11.9. The van der Waals surface area contributed by atoms with Gasteiger partial charge in [0.2, 0.25) is 0 Å². The van der Waals surface area contributed by atoms with Gasteiger partial charge < -0.3 is 20.5 Å². The molecule has 1 aromatic rings. The molecule has 0 aliphatic rings. The van der Waals surface area contributed by atoms with Crippen LogP contribution < -0.4 is 15.8 Å².